The number of carbonyl (C=O) groups excluding carboxylic acids is 1. The van der Waals surface area contributed by atoms with Gasteiger partial charge in [0.15, 0.2) is 0 Å². The molecule has 1 amide bonds. The fourth-order valence-electron chi connectivity index (χ4n) is 2.12. The Morgan fingerprint density at radius 1 is 1.50 bits per heavy atom. The molecule has 0 radical (unpaired) electrons. The molecule has 0 aliphatic carbocycles. The van der Waals surface area contributed by atoms with E-state index in [1.54, 1.807) is 0 Å². The van der Waals surface area contributed by atoms with E-state index >= 15 is 0 Å². The van der Waals surface area contributed by atoms with Crippen molar-refractivity contribution in [2.75, 3.05) is 13.2 Å². The molecule has 1 fully saturated rings. The lowest BCUT2D eigenvalue weighted by molar-refractivity contribution is -0.385. The summed E-state index contributed by atoms with van der Waals surface area (Å²) >= 11 is 0. The van der Waals surface area contributed by atoms with Crippen molar-refractivity contribution < 1.29 is 18.8 Å². The lowest BCUT2D eigenvalue weighted by atomic mass is 10.1. The molecule has 1 aliphatic rings. The highest BCUT2D eigenvalue weighted by molar-refractivity contribution is 5.98. The largest absolute Gasteiger partial charge is 0.376 e. The molecule has 1 atom stereocenters. The van der Waals surface area contributed by atoms with Crippen molar-refractivity contribution in [3.05, 3.63) is 39.7 Å². The quantitative estimate of drug-likeness (QED) is 0.676. The third kappa shape index (κ3) is 3.51. The molecule has 1 aromatic carbocycles. The van der Waals surface area contributed by atoms with Crippen LogP contribution < -0.4 is 5.32 Å². The van der Waals surface area contributed by atoms with Crippen molar-refractivity contribution >= 4 is 11.6 Å². The molecule has 0 spiro atoms. The van der Waals surface area contributed by atoms with Crippen LogP contribution in [0.25, 0.3) is 0 Å². The highest BCUT2D eigenvalue weighted by Gasteiger charge is 2.22. The summed E-state index contributed by atoms with van der Waals surface area (Å²) in [6, 6.07) is 2.82. The van der Waals surface area contributed by atoms with Gasteiger partial charge >= 0.3 is 0 Å². The number of ether oxygens (including phenoxy) is 1. The van der Waals surface area contributed by atoms with Gasteiger partial charge in [0.2, 0.25) is 0 Å². The van der Waals surface area contributed by atoms with Gasteiger partial charge in [0.1, 0.15) is 11.4 Å². The first-order valence-electron chi connectivity index (χ1n) is 6.41. The monoisotopic (exact) mass is 282 g/mol. The Bertz CT molecular complexity index is 515. The van der Waals surface area contributed by atoms with Crippen LogP contribution in [0, 0.1) is 15.9 Å². The Morgan fingerprint density at radius 2 is 2.30 bits per heavy atom. The highest BCUT2D eigenvalue weighted by Crippen LogP contribution is 2.19. The van der Waals surface area contributed by atoms with Gasteiger partial charge < -0.3 is 10.1 Å². The number of nitro benzene ring substituents is 1. The molecule has 2 rings (SSSR count). The number of nitrogens with zero attached hydrogens (tertiary/aromatic N) is 1. The average Bonchev–Trinajstić information content (AvgIpc) is 2.45. The third-order valence-corrected chi connectivity index (χ3v) is 3.16. The minimum absolute atomic E-state index is 0.0830. The molecule has 1 unspecified atom stereocenters. The first-order chi connectivity index (χ1) is 9.58. The fraction of sp³-hybridized carbons (Fsp3) is 0.462. The van der Waals surface area contributed by atoms with Crippen LogP contribution >= 0.6 is 0 Å². The zero-order chi connectivity index (χ0) is 14.5. The number of carbonyl (C=O) groups is 1. The number of hydrogen-bond donors (Lipinski definition) is 1. The van der Waals surface area contributed by atoms with E-state index in [1.807, 2.05) is 0 Å². The summed E-state index contributed by atoms with van der Waals surface area (Å²) in [4.78, 5) is 22.0. The van der Waals surface area contributed by atoms with Crippen molar-refractivity contribution in [2.45, 2.75) is 25.4 Å². The van der Waals surface area contributed by atoms with Crippen molar-refractivity contribution in [1.82, 2.24) is 5.32 Å². The molecule has 1 aromatic rings. The number of amides is 1. The summed E-state index contributed by atoms with van der Waals surface area (Å²) < 4.78 is 18.6. The Labute approximate surface area is 115 Å². The second-order valence-electron chi connectivity index (χ2n) is 4.62. The Kier molecular flexibility index (Phi) is 4.62. The van der Waals surface area contributed by atoms with Crippen molar-refractivity contribution in [2.24, 2.45) is 0 Å². The van der Waals surface area contributed by atoms with Crippen LogP contribution in [0.1, 0.15) is 29.6 Å². The first kappa shape index (κ1) is 14.4. The van der Waals surface area contributed by atoms with Gasteiger partial charge in [0.25, 0.3) is 11.6 Å². The fourth-order valence-corrected chi connectivity index (χ4v) is 2.12. The third-order valence-electron chi connectivity index (χ3n) is 3.16. The van der Waals surface area contributed by atoms with Gasteiger partial charge in [-0.25, -0.2) is 4.39 Å². The van der Waals surface area contributed by atoms with Crippen LogP contribution in [0.2, 0.25) is 0 Å². The molecule has 108 valence electrons. The smallest absolute Gasteiger partial charge is 0.282 e. The average molecular weight is 282 g/mol. The van der Waals surface area contributed by atoms with E-state index in [-0.39, 0.29) is 18.2 Å². The van der Waals surface area contributed by atoms with Crippen molar-refractivity contribution in [3.63, 3.8) is 0 Å². The predicted molar refractivity (Wildman–Crippen MR) is 69.0 cm³/mol. The zero-order valence-corrected chi connectivity index (χ0v) is 10.8. The molecule has 1 aliphatic heterocycles. The van der Waals surface area contributed by atoms with Crippen molar-refractivity contribution in [1.29, 1.82) is 0 Å². The van der Waals surface area contributed by atoms with Gasteiger partial charge in [-0.15, -0.1) is 0 Å². The van der Waals surface area contributed by atoms with Crippen LogP contribution in [-0.2, 0) is 4.74 Å². The molecule has 0 saturated carbocycles. The van der Waals surface area contributed by atoms with Crippen LogP contribution in [0.4, 0.5) is 10.1 Å². The molecule has 0 aromatic heterocycles. The van der Waals surface area contributed by atoms with Crippen LogP contribution in [0.15, 0.2) is 18.2 Å². The van der Waals surface area contributed by atoms with E-state index in [4.69, 9.17) is 4.74 Å². The normalized spacial score (nSPS) is 18.6. The van der Waals surface area contributed by atoms with Crippen LogP contribution in [-0.4, -0.2) is 30.1 Å². The minimum Gasteiger partial charge on any atom is -0.376 e. The lowest BCUT2D eigenvalue weighted by Gasteiger charge is -2.22. The molecule has 1 heterocycles. The summed E-state index contributed by atoms with van der Waals surface area (Å²) in [5.74, 6) is -1.35. The molecule has 1 saturated heterocycles. The van der Waals surface area contributed by atoms with E-state index in [1.165, 1.54) is 0 Å². The number of benzene rings is 1. The summed E-state index contributed by atoms with van der Waals surface area (Å²) in [6.45, 7) is 0.924. The van der Waals surface area contributed by atoms with Crippen LogP contribution in [0.5, 0.6) is 0 Å². The lowest BCUT2D eigenvalue weighted by Crippen LogP contribution is -2.35. The van der Waals surface area contributed by atoms with Gasteiger partial charge in [0, 0.05) is 19.2 Å². The van der Waals surface area contributed by atoms with E-state index in [0.29, 0.717) is 6.61 Å². The SMILES string of the molecule is O=C(NCC1CCCCO1)c1cc(F)ccc1[N+](=O)[O-]. The Balaban J connectivity index is 2.04. The van der Waals surface area contributed by atoms with E-state index in [2.05, 4.69) is 5.32 Å². The summed E-state index contributed by atoms with van der Waals surface area (Å²) in [5, 5.41) is 13.4. The number of halogens is 1. The van der Waals surface area contributed by atoms with Gasteiger partial charge in [0.05, 0.1) is 11.0 Å². The Hall–Kier alpha value is -2.02. The second-order valence-corrected chi connectivity index (χ2v) is 4.62. The van der Waals surface area contributed by atoms with E-state index in [9.17, 15) is 19.3 Å². The standard InChI is InChI=1S/C13H15FN2O4/c14-9-4-5-12(16(18)19)11(7-9)13(17)15-8-10-3-1-2-6-20-10/h4-5,7,10H,1-3,6,8H2,(H,15,17). The summed E-state index contributed by atoms with van der Waals surface area (Å²) in [5.41, 5.74) is -0.681. The maximum absolute atomic E-state index is 13.1. The topological polar surface area (TPSA) is 81.5 Å². The molecule has 7 heteroatoms. The minimum atomic E-state index is -0.703. The van der Waals surface area contributed by atoms with Gasteiger partial charge in [-0.3, -0.25) is 14.9 Å². The predicted octanol–water partition coefficient (Wildman–Crippen LogP) is 2.03. The van der Waals surface area contributed by atoms with Gasteiger partial charge in [-0.1, -0.05) is 0 Å². The summed E-state index contributed by atoms with van der Waals surface area (Å²) in [6.07, 6.45) is 2.78. The number of nitrogens with one attached hydrogen (secondary N) is 1. The molecule has 0 bridgehead atoms. The van der Waals surface area contributed by atoms with Crippen molar-refractivity contribution in [3.8, 4) is 0 Å². The molecular weight excluding hydrogens is 267 g/mol. The number of rotatable bonds is 4. The maximum Gasteiger partial charge on any atom is 0.282 e. The number of nitro groups is 1. The molecule has 20 heavy (non-hydrogen) atoms. The summed E-state index contributed by atoms with van der Waals surface area (Å²) in [7, 11) is 0. The van der Waals surface area contributed by atoms with E-state index in [0.717, 1.165) is 37.5 Å². The van der Waals surface area contributed by atoms with Crippen LogP contribution in [0.3, 0.4) is 0 Å². The number of hydrogen-bond acceptors (Lipinski definition) is 4. The van der Waals surface area contributed by atoms with Gasteiger partial charge in [-0.2, -0.15) is 0 Å². The second kappa shape index (κ2) is 6.42. The Morgan fingerprint density at radius 3 is 2.95 bits per heavy atom. The highest BCUT2D eigenvalue weighted by atomic mass is 19.1. The molecule has 1 N–H and O–H groups in total. The maximum atomic E-state index is 13.1. The van der Waals surface area contributed by atoms with E-state index < -0.39 is 22.3 Å². The first-order valence-corrected chi connectivity index (χ1v) is 6.41. The van der Waals surface area contributed by atoms with Gasteiger partial charge in [-0.05, 0) is 31.4 Å². The molecule has 6 nitrogen and oxygen atoms in total. The zero-order valence-electron chi connectivity index (χ0n) is 10.8. The molecular formula is C13H15FN2O4.